The minimum atomic E-state index is -3.37. The van der Waals surface area contributed by atoms with Crippen molar-refractivity contribution in [3.05, 3.63) is 36.3 Å². The van der Waals surface area contributed by atoms with Crippen LogP contribution in [0.1, 0.15) is 18.5 Å². The fraction of sp³-hybridized carbons (Fsp3) is 0.389. The van der Waals surface area contributed by atoms with Crippen molar-refractivity contribution >= 4 is 26.7 Å². The molecule has 0 bridgehead atoms. The van der Waals surface area contributed by atoms with Gasteiger partial charge in [-0.1, -0.05) is 6.07 Å². The molecular weight excluding hydrogens is 382 g/mol. The minimum absolute atomic E-state index is 0.150. The zero-order chi connectivity index (χ0) is 20.3. The van der Waals surface area contributed by atoms with Crippen molar-refractivity contribution in [2.45, 2.75) is 24.4 Å². The Morgan fingerprint density at radius 1 is 1.25 bits per heavy atom. The highest BCUT2D eigenvalue weighted by molar-refractivity contribution is 7.90. The lowest BCUT2D eigenvalue weighted by Crippen LogP contribution is -2.09. The highest BCUT2D eigenvalue weighted by Gasteiger charge is 2.17. The summed E-state index contributed by atoms with van der Waals surface area (Å²) >= 11 is 0. The molecule has 0 aliphatic carbocycles. The smallest absolute Gasteiger partial charge is 0.186 e. The molecule has 2 heterocycles. The standard InChI is InChI=1S/C18H23N5O4S/c1-12(13-5-6-16(28(4,24)25)15(9-13)27-3)21-17-14-10-23(7-8-26-2)22-18(14)20-11-19-17/h5-6,9-12H,7-8H2,1-4H3,(H,19,20,21,22). The van der Waals surface area contributed by atoms with E-state index in [4.69, 9.17) is 9.47 Å². The van der Waals surface area contributed by atoms with Crippen LogP contribution in [0.4, 0.5) is 5.82 Å². The molecule has 1 unspecified atom stereocenters. The van der Waals surface area contributed by atoms with Crippen molar-refractivity contribution in [1.29, 1.82) is 0 Å². The van der Waals surface area contributed by atoms with Gasteiger partial charge in [-0.2, -0.15) is 5.10 Å². The number of benzene rings is 1. The lowest BCUT2D eigenvalue weighted by Gasteiger charge is -2.17. The summed E-state index contributed by atoms with van der Waals surface area (Å²) in [6.07, 6.45) is 4.49. The second kappa shape index (κ2) is 8.11. The normalized spacial score (nSPS) is 12.9. The summed E-state index contributed by atoms with van der Waals surface area (Å²) in [5.41, 5.74) is 1.45. The molecule has 0 amide bonds. The molecule has 28 heavy (non-hydrogen) atoms. The average molecular weight is 405 g/mol. The van der Waals surface area contributed by atoms with Gasteiger partial charge in [-0.05, 0) is 24.6 Å². The Morgan fingerprint density at radius 3 is 2.71 bits per heavy atom. The molecule has 0 spiro atoms. The predicted octanol–water partition coefficient (Wildman–Crippen LogP) is 2.06. The molecule has 1 aromatic carbocycles. The summed E-state index contributed by atoms with van der Waals surface area (Å²) in [6.45, 7) is 3.12. The number of fused-ring (bicyclic) bond motifs is 1. The first-order valence-electron chi connectivity index (χ1n) is 8.65. The number of rotatable bonds is 8. The number of methoxy groups -OCH3 is 2. The lowest BCUT2D eigenvalue weighted by molar-refractivity contribution is 0.184. The zero-order valence-corrected chi connectivity index (χ0v) is 17.0. The van der Waals surface area contributed by atoms with Crippen molar-refractivity contribution in [2.75, 3.05) is 32.4 Å². The van der Waals surface area contributed by atoms with Crippen molar-refractivity contribution in [2.24, 2.45) is 0 Å². The summed E-state index contributed by atoms with van der Waals surface area (Å²) in [7, 11) is -0.275. The Bertz CT molecular complexity index is 1080. The van der Waals surface area contributed by atoms with Gasteiger partial charge in [-0.25, -0.2) is 18.4 Å². The Labute approximate surface area is 163 Å². The van der Waals surface area contributed by atoms with Crippen LogP contribution in [0.15, 0.2) is 35.6 Å². The van der Waals surface area contributed by atoms with Crippen LogP contribution in [0, 0.1) is 0 Å². The lowest BCUT2D eigenvalue weighted by atomic mass is 10.1. The average Bonchev–Trinajstić information content (AvgIpc) is 3.09. The maximum absolute atomic E-state index is 11.9. The van der Waals surface area contributed by atoms with Crippen LogP contribution >= 0.6 is 0 Å². The third-order valence-corrected chi connectivity index (χ3v) is 5.47. The number of hydrogen-bond donors (Lipinski definition) is 1. The molecular formula is C18H23N5O4S. The largest absolute Gasteiger partial charge is 0.495 e. The van der Waals surface area contributed by atoms with Crippen molar-refractivity contribution < 1.29 is 17.9 Å². The Balaban J connectivity index is 1.88. The summed E-state index contributed by atoms with van der Waals surface area (Å²) in [6, 6.07) is 4.88. The Morgan fingerprint density at radius 2 is 2.04 bits per heavy atom. The van der Waals surface area contributed by atoms with E-state index in [0.717, 1.165) is 17.2 Å². The zero-order valence-electron chi connectivity index (χ0n) is 16.2. The number of aromatic nitrogens is 4. The summed E-state index contributed by atoms with van der Waals surface area (Å²) < 4.78 is 35.9. The van der Waals surface area contributed by atoms with Crippen molar-refractivity contribution in [3.8, 4) is 5.75 Å². The predicted molar refractivity (Wildman–Crippen MR) is 105 cm³/mol. The second-order valence-corrected chi connectivity index (χ2v) is 8.38. The van der Waals surface area contributed by atoms with Gasteiger partial charge in [0.2, 0.25) is 0 Å². The van der Waals surface area contributed by atoms with E-state index < -0.39 is 9.84 Å². The minimum Gasteiger partial charge on any atom is -0.495 e. The number of anilines is 1. The van der Waals surface area contributed by atoms with Crippen LogP contribution < -0.4 is 10.1 Å². The van der Waals surface area contributed by atoms with Gasteiger partial charge >= 0.3 is 0 Å². The SMILES string of the molecule is COCCn1cc2c(NC(C)c3ccc(S(C)(=O)=O)c(OC)c3)ncnc2n1. The second-order valence-electron chi connectivity index (χ2n) is 6.39. The molecule has 2 aromatic heterocycles. The van der Waals surface area contributed by atoms with E-state index in [1.807, 2.05) is 13.1 Å². The van der Waals surface area contributed by atoms with Crippen molar-refractivity contribution in [3.63, 3.8) is 0 Å². The molecule has 0 saturated heterocycles. The van der Waals surface area contributed by atoms with E-state index >= 15 is 0 Å². The van der Waals surface area contributed by atoms with E-state index in [1.165, 1.54) is 13.4 Å². The number of nitrogens with one attached hydrogen (secondary N) is 1. The van der Waals surface area contributed by atoms with E-state index in [1.54, 1.807) is 30.0 Å². The van der Waals surface area contributed by atoms with Gasteiger partial charge in [0.25, 0.3) is 0 Å². The Kier molecular flexibility index (Phi) is 5.80. The molecule has 3 aromatic rings. The van der Waals surface area contributed by atoms with Crippen LogP contribution in [0.3, 0.4) is 0 Å². The molecule has 0 fully saturated rings. The van der Waals surface area contributed by atoms with E-state index in [9.17, 15) is 8.42 Å². The molecule has 3 rings (SSSR count). The van der Waals surface area contributed by atoms with Gasteiger partial charge in [-0.15, -0.1) is 0 Å². The fourth-order valence-electron chi connectivity index (χ4n) is 2.85. The number of nitrogens with zero attached hydrogens (tertiary/aromatic N) is 4. The molecule has 0 radical (unpaired) electrons. The number of ether oxygens (including phenoxy) is 2. The molecule has 1 atom stereocenters. The van der Waals surface area contributed by atoms with Crippen LogP contribution in [-0.4, -0.2) is 55.2 Å². The van der Waals surface area contributed by atoms with Crippen LogP contribution in [-0.2, 0) is 21.1 Å². The van der Waals surface area contributed by atoms with Gasteiger partial charge < -0.3 is 14.8 Å². The first-order valence-corrected chi connectivity index (χ1v) is 10.5. The molecule has 9 nitrogen and oxygen atoms in total. The molecule has 0 saturated carbocycles. The third-order valence-electron chi connectivity index (χ3n) is 4.33. The molecule has 10 heteroatoms. The maximum atomic E-state index is 11.9. The van der Waals surface area contributed by atoms with Gasteiger partial charge in [0.05, 0.1) is 31.7 Å². The van der Waals surface area contributed by atoms with Crippen LogP contribution in [0.25, 0.3) is 11.0 Å². The van der Waals surface area contributed by atoms with Gasteiger partial charge in [0, 0.05) is 19.6 Å². The molecule has 1 N–H and O–H groups in total. The molecule has 150 valence electrons. The van der Waals surface area contributed by atoms with Crippen molar-refractivity contribution in [1.82, 2.24) is 19.7 Å². The third kappa shape index (κ3) is 4.23. The summed E-state index contributed by atoms with van der Waals surface area (Å²) in [5, 5.41) is 8.55. The quantitative estimate of drug-likeness (QED) is 0.607. The molecule has 0 aliphatic heterocycles. The van der Waals surface area contributed by atoms with Gasteiger partial charge in [0.1, 0.15) is 22.8 Å². The summed E-state index contributed by atoms with van der Waals surface area (Å²) in [4.78, 5) is 8.70. The van der Waals surface area contributed by atoms with E-state index in [2.05, 4.69) is 20.4 Å². The maximum Gasteiger partial charge on any atom is 0.186 e. The first kappa shape index (κ1) is 20.0. The van der Waals surface area contributed by atoms with Gasteiger partial charge in [0.15, 0.2) is 15.5 Å². The van der Waals surface area contributed by atoms with E-state index in [0.29, 0.717) is 30.4 Å². The van der Waals surface area contributed by atoms with Crippen LogP contribution in [0.5, 0.6) is 5.75 Å². The monoisotopic (exact) mass is 405 g/mol. The fourth-order valence-corrected chi connectivity index (χ4v) is 3.67. The van der Waals surface area contributed by atoms with E-state index in [-0.39, 0.29) is 10.9 Å². The van der Waals surface area contributed by atoms with Gasteiger partial charge in [-0.3, -0.25) is 4.68 Å². The summed E-state index contributed by atoms with van der Waals surface area (Å²) in [5.74, 6) is 0.959. The highest BCUT2D eigenvalue weighted by atomic mass is 32.2. The van der Waals surface area contributed by atoms with Crippen LogP contribution in [0.2, 0.25) is 0 Å². The first-order chi connectivity index (χ1) is 13.3. The molecule has 0 aliphatic rings. The number of sulfone groups is 1. The highest BCUT2D eigenvalue weighted by Crippen LogP contribution is 2.29. The topological polar surface area (TPSA) is 108 Å². The Hall–Kier alpha value is -2.72. The number of hydrogen-bond acceptors (Lipinski definition) is 8.